The second-order valence-corrected chi connectivity index (χ2v) is 7.52. The van der Waals surface area contributed by atoms with Crippen LogP contribution in [0.1, 0.15) is 42.9 Å². The van der Waals surface area contributed by atoms with Gasteiger partial charge in [-0.3, -0.25) is 0 Å². The fraction of sp³-hybridized carbons (Fsp3) is 0.280. The SMILES string of the molecule is CCCCCc1ccc2c(c1)Cc1cc(-c3ccc(OC(F)F)cc3)c(F)cc1-2. The minimum atomic E-state index is -2.87. The van der Waals surface area contributed by atoms with Crippen LogP contribution in [0.3, 0.4) is 0 Å². The summed E-state index contributed by atoms with van der Waals surface area (Å²) in [5.74, 6) is -0.250. The van der Waals surface area contributed by atoms with Crippen LogP contribution < -0.4 is 4.74 Å². The first-order chi connectivity index (χ1) is 14.0. The molecule has 0 radical (unpaired) electrons. The maximum absolute atomic E-state index is 14.9. The van der Waals surface area contributed by atoms with Gasteiger partial charge in [0, 0.05) is 5.56 Å². The van der Waals surface area contributed by atoms with E-state index in [1.54, 1.807) is 18.2 Å². The Kier molecular flexibility index (Phi) is 5.61. The highest BCUT2D eigenvalue weighted by Crippen LogP contribution is 2.40. The van der Waals surface area contributed by atoms with Crippen molar-refractivity contribution in [3.63, 3.8) is 0 Å². The molecule has 0 bridgehead atoms. The van der Waals surface area contributed by atoms with Gasteiger partial charge < -0.3 is 4.74 Å². The maximum Gasteiger partial charge on any atom is 0.387 e. The van der Waals surface area contributed by atoms with E-state index >= 15 is 0 Å². The van der Waals surface area contributed by atoms with E-state index in [0.29, 0.717) is 11.1 Å². The van der Waals surface area contributed by atoms with Crippen LogP contribution in [0.15, 0.2) is 54.6 Å². The molecule has 1 aliphatic carbocycles. The lowest BCUT2D eigenvalue weighted by atomic mass is 9.98. The van der Waals surface area contributed by atoms with Gasteiger partial charge in [-0.2, -0.15) is 8.78 Å². The molecule has 4 rings (SSSR count). The number of hydrogen-bond acceptors (Lipinski definition) is 1. The molecule has 0 spiro atoms. The highest BCUT2D eigenvalue weighted by molar-refractivity contribution is 5.81. The Hall–Kier alpha value is -2.75. The summed E-state index contributed by atoms with van der Waals surface area (Å²) in [5, 5.41) is 0. The van der Waals surface area contributed by atoms with E-state index in [1.165, 1.54) is 42.5 Å². The standard InChI is InChI=1S/C25H23F3O/c1-2-3-4-5-16-6-11-21-18(12-16)13-19-14-23(24(26)15-22(19)21)17-7-9-20(10-8-17)29-25(27)28/h6-12,14-15,25H,2-5,13H2,1H3. The molecule has 4 heteroatoms. The summed E-state index contributed by atoms with van der Waals surface area (Å²) < 4.78 is 43.9. The Morgan fingerprint density at radius 3 is 2.34 bits per heavy atom. The van der Waals surface area contributed by atoms with Gasteiger partial charge in [0.25, 0.3) is 0 Å². The van der Waals surface area contributed by atoms with Crippen LogP contribution in [0.25, 0.3) is 22.3 Å². The molecule has 0 heterocycles. The summed E-state index contributed by atoms with van der Waals surface area (Å²) in [5.41, 5.74) is 6.83. The minimum absolute atomic E-state index is 0.0633. The predicted molar refractivity (Wildman–Crippen MR) is 110 cm³/mol. The topological polar surface area (TPSA) is 9.23 Å². The van der Waals surface area contributed by atoms with Gasteiger partial charge in [0.15, 0.2) is 0 Å². The summed E-state index contributed by atoms with van der Waals surface area (Å²) in [6, 6.07) is 16.1. The van der Waals surface area contributed by atoms with Crippen molar-refractivity contribution < 1.29 is 17.9 Å². The molecule has 0 saturated carbocycles. The Morgan fingerprint density at radius 1 is 0.862 bits per heavy atom. The zero-order valence-corrected chi connectivity index (χ0v) is 16.4. The molecule has 1 nitrogen and oxygen atoms in total. The van der Waals surface area contributed by atoms with Gasteiger partial charge >= 0.3 is 6.61 Å². The average Bonchev–Trinajstić information content (AvgIpc) is 3.04. The second kappa shape index (κ2) is 8.32. The van der Waals surface area contributed by atoms with Crippen molar-refractivity contribution in [2.45, 2.75) is 45.6 Å². The summed E-state index contributed by atoms with van der Waals surface area (Å²) >= 11 is 0. The lowest BCUT2D eigenvalue weighted by Crippen LogP contribution is -2.01. The summed E-state index contributed by atoms with van der Waals surface area (Å²) in [7, 11) is 0. The van der Waals surface area contributed by atoms with Crippen LogP contribution in [0.5, 0.6) is 5.75 Å². The van der Waals surface area contributed by atoms with Gasteiger partial charge in [-0.1, -0.05) is 50.1 Å². The van der Waals surface area contributed by atoms with Crippen molar-refractivity contribution in [1.82, 2.24) is 0 Å². The van der Waals surface area contributed by atoms with Crippen LogP contribution in [-0.4, -0.2) is 6.61 Å². The van der Waals surface area contributed by atoms with Crippen LogP contribution >= 0.6 is 0 Å². The van der Waals surface area contributed by atoms with Gasteiger partial charge in [-0.15, -0.1) is 0 Å². The Balaban J connectivity index is 1.60. The molecule has 150 valence electrons. The van der Waals surface area contributed by atoms with E-state index < -0.39 is 6.61 Å². The van der Waals surface area contributed by atoms with E-state index in [9.17, 15) is 13.2 Å². The number of halogens is 3. The molecule has 1 aliphatic rings. The number of alkyl halides is 2. The third-order valence-electron chi connectivity index (χ3n) is 5.49. The molecule has 29 heavy (non-hydrogen) atoms. The second-order valence-electron chi connectivity index (χ2n) is 7.52. The van der Waals surface area contributed by atoms with Crippen LogP contribution in [-0.2, 0) is 12.8 Å². The largest absolute Gasteiger partial charge is 0.435 e. The normalized spacial score (nSPS) is 12.2. The summed E-state index contributed by atoms with van der Waals surface area (Å²) in [6.45, 7) is -0.673. The Bertz CT molecular complexity index is 1010. The fourth-order valence-electron chi connectivity index (χ4n) is 4.05. The summed E-state index contributed by atoms with van der Waals surface area (Å²) in [4.78, 5) is 0. The quantitative estimate of drug-likeness (QED) is 0.296. The highest BCUT2D eigenvalue weighted by Gasteiger charge is 2.21. The van der Waals surface area contributed by atoms with Crippen molar-refractivity contribution in [3.05, 3.63) is 77.1 Å². The van der Waals surface area contributed by atoms with E-state index in [-0.39, 0.29) is 11.6 Å². The third kappa shape index (κ3) is 4.16. The summed E-state index contributed by atoms with van der Waals surface area (Å²) in [6.07, 6.45) is 5.48. The Labute approximate surface area is 169 Å². The monoisotopic (exact) mass is 396 g/mol. The molecule has 0 saturated heterocycles. The van der Waals surface area contributed by atoms with E-state index in [4.69, 9.17) is 0 Å². The number of rotatable bonds is 7. The zero-order valence-electron chi connectivity index (χ0n) is 16.4. The molecule has 0 atom stereocenters. The van der Waals surface area contributed by atoms with E-state index in [1.807, 2.05) is 6.07 Å². The minimum Gasteiger partial charge on any atom is -0.435 e. The average molecular weight is 396 g/mol. The molecule has 3 aromatic carbocycles. The lowest BCUT2D eigenvalue weighted by Gasteiger charge is -2.09. The maximum atomic E-state index is 14.9. The van der Waals surface area contributed by atoms with Gasteiger partial charge in [-0.25, -0.2) is 4.39 Å². The van der Waals surface area contributed by atoms with Gasteiger partial charge in [0.1, 0.15) is 11.6 Å². The molecule has 0 aromatic heterocycles. The van der Waals surface area contributed by atoms with Crippen molar-refractivity contribution >= 4 is 0 Å². The third-order valence-corrected chi connectivity index (χ3v) is 5.49. The predicted octanol–water partition coefficient (Wildman–Crippen LogP) is 7.40. The molecular weight excluding hydrogens is 373 g/mol. The number of ether oxygens (including phenoxy) is 1. The van der Waals surface area contributed by atoms with Crippen molar-refractivity contribution in [3.8, 4) is 28.0 Å². The lowest BCUT2D eigenvalue weighted by molar-refractivity contribution is -0.0498. The number of benzene rings is 3. The Morgan fingerprint density at radius 2 is 1.62 bits per heavy atom. The van der Waals surface area contributed by atoms with Crippen LogP contribution in [0.2, 0.25) is 0 Å². The molecule has 0 amide bonds. The molecule has 0 unspecified atom stereocenters. The van der Waals surface area contributed by atoms with Crippen LogP contribution in [0.4, 0.5) is 13.2 Å². The van der Waals surface area contributed by atoms with Crippen molar-refractivity contribution in [2.24, 2.45) is 0 Å². The molecule has 3 aromatic rings. The first-order valence-corrected chi connectivity index (χ1v) is 10.0. The van der Waals surface area contributed by atoms with Gasteiger partial charge in [0.2, 0.25) is 0 Å². The first kappa shape index (κ1) is 19.6. The number of unbranched alkanes of at least 4 members (excludes halogenated alkanes) is 2. The zero-order chi connectivity index (χ0) is 20.4. The van der Waals surface area contributed by atoms with Crippen molar-refractivity contribution in [2.75, 3.05) is 0 Å². The van der Waals surface area contributed by atoms with Crippen LogP contribution in [0, 0.1) is 5.82 Å². The fourth-order valence-corrected chi connectivity index (χ4v) is 4.05. The van der Waals surface area contributed by atoms with Crippen molar-refractivity contribution in [1.29, 1.82) is 0 Å². The molecule has 0 fully saturated rings. The van der Waals surface area contributed by atoms with Gasteiger partial charge in [0.05, 0.1) is 0 Å². The number of hydrogen-bond donors (Lipinski definition) is 0. The number of fused-ring (bicyclic) bond motifs is 3. The molecule has 0 aliphatic heterocycles. The first-order valence-electron chi connectivity index (χ1n) is 10.0. The smallest absolute Gasteiger partial charge is 0.387 e. The number of aryl methyl sites for hydroxylation is 1. The van der Waals surface area contributed by atoms with E-state index in [0.717, 1.165) is 29.5 Å². The molecular formula is C25H23F3O. The molecule has 0 N–H and O–H groups in total. The highest BCUT2D eigenvalue weighted by atomic mass is 19.3. The van der Waals surface area contributed by atoms with E-state index in [2.05, 4.69) is 29.9 Å². The van der Waals surface area contributed by atoms with Gasteiger partial charge in [-0.05, 0) is 76.9 Å².